The molecule has 0 saturated carbocycles. The van der Waals surface area contributed by atoms with E-state index in [1.165, 1.54) is 6.33 Å². The normalized spacial score (nSPS) is 17.0. The van der Waals surface area contributed by atoms with Crippen molar-refractivity contribution in [3.05, 3.63) is 58.1 Å². The van der Waals surface area contributed by atoms with Crippen molar-refractivity contribution in [1.82, 2.24) is 29.7 Å². The number of anilines is 1. The third kappa shape index (κ3) is 5.51. The Bertz CT molecular complexity index is 1440. The predicted molar refractivity (Wildman–Crippen MR) is 150 cm³/mol. The maximum absolute atomic E-state index is 13.6. The van der Waals surface area contributed by atoms with Crippen LogP contribution in [0.25, 0.3) is 21.9 Å². The Morgan fingerprint density at radius 3 is 2.84 bits per heavy atom. The molecular formula is C27H31Cl2N7O. The molecule has 0 radical (unpaired) electrons. The molecule has 2 atom stereocenters. The average Bonchev–Trinajstić information content (AvgIpc) is 3.31. The van der Waals surface area contributed by atoms with Gasteiger partial charge in [-0.1, -0.05) is 23.2 Å². The third-order valence-electron chi connectivity index (χ3n) is 6.98. The molecule has 10 heteroatoms. The smallest absolute Gasteiger partial charge is 0.255 e. The minimum absolute atomic E-state index is 0.0298. The highest BCUT2D eigenvalue weighted by molar-refractivity contribution is 6.35. The van der Waals surface area contributed by atoms with Gasteiger partial charge < -0.3 is 20.1 Å². The summed E-state index contributed by atoms with van der Waals surface area (Å²) in [5.41, 5.74) is 2.86. The van der Waals surface area contributed by atoms with Gasteiger partial charge in [0.15, 0.2) is 0 Å². The molecule has 2 aromatic heterocycles. The zero-order chi connectivity index (χ0) is 26.1. The Hall–Kier alpha value is -2.94. The lowest BCUT2D eigenvalue weighted by Crippen LogP contribution is -2.45. The Morgan fingerprint density at radius 1 is 1.19 bits per heavy atom. The van der Waals surface area contributed by atoms with E-state index in [0.717, 1.165) is 61.0 Å². The van der Waals surface area contributed by atoms with Crippen LogP contribution in [-0.4, -0.2) is 68.9 Å². The van der Waals surface area contributed by atoms with Gasteiger partial charge in [0.1, 0.15) is 18.0 Å². The van der Waals surface area contributed by atoms with Crippen molar-refractivity contribution >= 4 is 56.9 Å². The summed E-state index contributed by atoms with van der Waals surface area (Å²) in [5, 5.41) is 5.20. The second kappa shape index (κ2) is 10.8. The largest absolute Gasteiger partial charge is 0.360 e. The van der Waals surface area contributed by atoms with E-state index in [9.17, 15) is 4.79 Å². The van der Waals surface area contributed by atoms with Crippen molar-refractivity contribution in [3.63, 3.8) is 0 Å². The van der Waals surface area contributed by atoms with Crippen LogP contribution in [0.1, 0.15) is 54.8 Å². The summed E-state index contributed by atoms with van der Waals surface area (Å²) in [5.74, 6) is 1.35. The van der Waals surface area contributed by atoms with Crippen LogP contribution in [0.3, 0.4) is 0 Å². The second-order valence-corrected chi connectivity index (χ2v) is 10.8. The average molecular weight is 540 g/mol. The van der Waals surface area contributed by atoms with E-state index in [1.54, 1.807) is 12.1 Å². The predicted octanol–water partition coefficient (Wildman–Crippen LogP) is 5.93. The lowest BCUT2D eigenvalue weighted by molar-refractivity contribution is 0.0591. The number of aromatic nitrogens is 4. The number of nitrogens with one attached hydrogen (secondary N) is 2. The summed E-state index contributed by atoms with van der Waals surface area (Å²) in [6.07, 6.45) is 5.63. The first-order valence-corrected chi connectivity index (χ1v) is 13.4. The number of piperidine rings is 1. The molecule has 0 spiro atoms. The lowest BCUT2D eigenvalue weighted by Gasteiger charge is -2.36. The van der Waals surface area contributed by atoms with E-state index in [-0.39, 0.29) is 18.0 Å². The van der Waals surface area contributed by atoms with Crippen molar-refractivity contribution in [1.29, 1.82) is 0 Å². The first-order valence-electron chi connectivity index (χ1n) is 12.6. The number of fused-ring (bicyclic) bond motifs is 2. The molecule has 1 amide bonds. The summed E-state index contributed by atoms with van der Waals surface area (Å²) in [6, 6.07) is 9.20. The molecule has 1 saturated heterocycles. The number of imidazole rings is 1. The highest BCUT2D eigenvalue weighted by Gasteiger charge is 2.29. The zero-order valence-corrected chi connectivity index (χ0v) is 22.8. The molecule has 0 unspecified atom stereocenters. The number of aromatic amines is 1. The molecular weight excluding hydrogens is 509 g/mol. The minimum atomic E-state index is -0.171. The zero-order valence-electron chi connectivity index (χ0n) is 21.3. The summed E-state index contributed by atoms with van der Waals surface area (Å²) in [4.78, 5) is 34.7. The van der Waals surface area contributed by atoms with E-state index in [4.69, 9.17) is 23.2 Å². The number of rotatable bonds is 7. The Morgan fingerprint density at radius 2 is 2.03 bits per heavy atom. The standard InChI is InChI=1S/C27H31Cl2N7O/c1-16(25-33-22-8-7-17(28)12-24(22)34-25)32-26-20-13-21(29)19(14-23(20)30-15-31-26)27(37)36-10-5-4-6-18(36)9-11-35(2)3/h7-8,12-16,18H,4-6,9-11H2,1-3H3,(H,33,34)(H,30,31,32)/t16-,18-/m0/s1. The maximum Gasteiger partial charge on any atom is 0.255 e. The molecule has 194 valence electrons. The van der Waals surface area contributed by atoms with Crippen LogP contribution in [0, 0.1) is 0 Å². The number of nitrogens with zero attached hydrogens (tertiary/aromatic N) is 5. The molecule has 3 heterocycles. The van der Waals surface area contributed by atoms with E-state index >= 15 is 0 Å². The fourth-order valence-electron chi connectivity index (χ4n) is 4.96. The Kier molecular flexibility index (Phi) is 7.51. The van der Waals surface area contributed by atoms with Gasteiger partial charge in [-0.05, 0) is 83.6 Å². The van der Waals surface area contributed by atoms with Gasteiger partial charge in [-0.25, -0.2) is 15.0 Å². The summed E-state index contributed by atoms with van der Waals surface area (Å²) in [6.45, 7) is 3.69. The monoisotopic (exact) mass is 539 g/mol. The van der Waals surface area contributed by atoms with Gasteiger partial charge in [0.2, 0.25) is 0 Å². The Balaban J connectivity index is 1.40. The van der Waals surface area contributed by atoms with Crippen LogP contribution in [0.15, 0.2) is 36.7 Å². The van der Waals surface area contributed by atoms with E-state index in [1.807, 2.05) is 30.0 Å². The summed E-state index contributed by atoms with van der Waals surface area (Å²) in [7, 11) is 4.12. The number of hydrogen-bond donors (Lipinski definition) is 2. The van der Waals surface area contributed by atoms with Crippen molar-refractivity contribution in [3.8, 4) is 0 Å². The molecule has 2 aromatic carbocycles. The minimum Gasteiger partial charge on any atom is -0.360 e. The van der Waals surface area contributed by atoms with Crippen LogP contribution in [0.5, 0.6) is 0 Å². The number of benzene rings is 2. The van der Waals surface area contributed by atoms with Gasteiger partial charge in [-0.2, -0.15) is 0 Å². The molecule has 0 bridgehead atoms. The highest BCUT2D eigenvalue weighted by atomic mass is 35.5. The van der Waals surface area contributed by atoms with E-state index in [0.29, 0.717) is 26.9 Å². The topological polar surface area (TPSA) is 90.0 Å². The van der Waals surface area contributed by atoms with Gasteiger partial charge in [-0.3, -0.25) is 4.79 Å². The van der Waals surface area contributed by atoms with Gasteiger partial charge in [0.05, 0.1) is 33.2 Å². The van der Waals surface area contributed by atoms with Crippen LogP contribution in [0.4, 0.5) is 5.82 Å². The molecule has 8 nitrogen and oxygen atoms in total. The number of carbonyl (C=O) groups excluding carboxylic acids is 1. The fourth-order valence-corrected chi connectivity index (χ4v) is 5.37. The number of likely N-dealkylation sites (tertiary alicyclic amines) is 1. The molecule has 1 fully saturated rings. The van der Waals surface area contributed by atoms with Crippen LogP contribution >= 0.6 is 23.2 Å². The first-order chi connectivity index (χ1) is 17.8. The SMILES string of the molecule is C[C@H](Nc1ncnc2cc(C(=O)N3CCCC[C@H]3CCN(C)C)c(Cl)cc12)c1nc2cc(Cl)ccc2[nH]1. The summed E-state index contributed by atoms with van der Waals surface area (Å²) >= 11 is 12.8. The molecule has 37 heavy (non-hydrogen) atoms. The van der Waals surface area contributed by atoms with Gasteiger partial charge >= 0.3 is 0 Å². The van der Waals surface area contributed by atoms with Crippen molar-refractivity contribution in [2.24, 2.45) is 0 Å². The molecule has 2 N–H and O–H groups in total. The number of hydrogen-bond acceptors (Lipinski definition) is 6. The number of amides is 1. The Labute approximate surface area is 226 Å². The molecule has 1 aliphatic heterocycles. The quantitative estimate of drug-likeness (QED) is 0.302. The summed E-state index contributed by atoms with van der Waals surface area (Å²) < 4.78 is 0. The van der Waals surface area contributed by atoms with Crippen LogP contribution < -0.4 is 5.32 Å². The fraction of sp³-hybridized carbons (Fsp3) is 0.407. The highest BCUT2D eigenvalue weighted by Crippen LogP contribution is 2.31. The van der Waals surface area contributed by atoms with Crippen LogP contribution in [0.2, 0.25) is 10.0 Å². The number of halogens is 2. The van der Waals surface area contributed by atoms with Crippen molar-refractivity contribution in [2.75, 3.05) is 32.5 Å². The third-order valence-corrected chi connectivity index (χ3v) is 7.53. The van der Waals surface area contributed by atoms with Gasteiger partial charge in [-0.15, -0.1) is 0 Å². The first kappa shape index (κ1) is 25.7. The molecule has 5 rings (SSSR count). The van der Waals surface area contributed by atoms with Gasteiger partial charge in [0, 0.05) is 23.0 Å². The van der Waals surface area contributed by atoms with E-state index in [2.05, 4.69) is 44.2 Å². The number of H-pyrrole nitrogens is 1. The van der Waals surface area contributed by atoms with Crippen molar-refractivity contribution in [2.45, 2.75) is 44.7 Å². The second-order valence-electron chi connectivity index (χ2n) is 9.96. The van der Waals surface area contributed by atoms with Crippen molar-refractivity contribution < 1.29 is 4.79 Å². The number of carbonyl (C=O) groups is 1. The lowest BCUT2D eigenvalue weighted by atomic mass is 9.97. The maximum atomic E-state index is 13.6. The van der Waals surface area contributed by atoms with Gasteiger partial charge in [0.25, 0.3) is 5.91 Å². The molecule has 4 aromatic rings. The van der Waals surface area contributed by atoms with E-state index < -0.39 is 0 Å². The van der Waals surface area contributed by atoms with Crippen LogP contribution in [-0.2, 0) is 0 Å². The molecule has 1 aliphatic rings. The molecule has 0 aliphatic carbocycles.